The van der Waals surface area contributed by atoms with E-state index >= 15 is 0 Å². The number of urea groups is 1. The number of hydrogen-bond acceptors (Lipinski definition) is 4. The Labute approximate surface area is 104 Å². The molecule has 1 saturated heterocycles. The molecule has 0 saturated carbocycles. The van der Waals surface area contributed by atoms with Crippen molar-refractivity contribution in [2.24, 2.45) is 5.73 Å². The Bertz CT molecular complexity index is 327. The number of carboxylic acids is 1. The minimum absolute atomic E-state index is 0.0400. The molecule has 0 aromatic heterocycles. The van der Waals surface area contributed by atoms with Crippen LogP contribution in [0.4, 0.5) is 4.79 Å². The summed E-state index contributed by atoms with van der Waals surface area (Å²) in [5, 5.41) is 13.6. The Balaban J connectivity index is 2.40. The molecule has 8 heteroatoms. The molecule has 0 aromatic rings. The van der Waals surface area contributed by atoms with Crippen LogP contribution in [0.5, 0.6) is 0 Å². The van der Waals surface area contributed by atoms with Crippen LogP contribution in [0, 0.1) is 0 Å². The Hall–Kier alpha value is -1.83. The van der Waals surface area contributed by atoms with E-state index in [1.54, 1.807) is 0 Å². The lowest BCUT2D eigenvalue weighted by molar-refractivity contribution is -0.140. The molecule has 0 radical (unpaired) electrons. The maximum Gasteiger partial charge on any atom is 0.326 e. The number of primary amides is 1. The molecule has 1 fully saturated rings. The molecule has 1 heterocycles. The minimum Gasteiger partial charge on any atom is -0.480 e. The smallest absolute Gasteiger partial charge is 0.326 e. The van der Waals surface area contributed by atoms with Gasteiger partial charge in [-0.05, 0) is 12.8 Å². The van der Waals surface area contributed by atoms with Crippen molar-refractivity contribution >= 4 is 17.9 Å². The second-order valence-corrected chi connectivity index (χ2v) is 4.07. The molecule has 1 atom stereocenters. The highest BCUT2D eigenvalue weighted by atomic mass is 16.5. The molecule has 18 heavy (non-hydrogen) atoms. The topological polar surface area (TPSA) is 131 Å². The average Bonchev–Trinajstić information content (AvgIpc) is 2.28. The lowest BCUT2D eigenvalue weighted by Crippen LogP contribution is -2.51. The highest BCUT2D eigenvalue weighted by Crippen LogP contribution is 2.05. The first-order chi connectivity index (χ1) is 8.49. The predicted octanol–water partition coefficient (Wildman–Crippen LogP) is -1.21. The van der Waals surface area contributed by atoms with Crippen molar-refractivity contribution in [3.8, 4) is 0 Å². The number of hydrogen-bond donors (Lipinski definition) is 4. The van der Waals surface area contributed by atoms with Crippen LogP contribution < -0.4 is 16.4 Å². The molecule has 102 valence electrons. The fourth-order valence-corrected chi connectivity index (χ4v) is 1.63. The van der Waals surface area contributed by atoms with E-state index in [2.05, 4.69) is 10.6 Å². The van der Waals surface area contributed by atoms with Crippen molar-refractivity contribution in [2.45, 2.75) is 31.3 Å². The molecule has 3 amide bonds. The van der Waals surface area contributed by atoms with E-state index in [1.165, 1.54) is 0 Å². The van der Waals surface area contributed by atoms with Crippen LogP contribution in [0.2, 0.25) is 0 Å². The van der Waals surface area contributed by atoms with Gasteiger partial charge in [0.1, 0.15) is 6.04 Å². The number of rotatable bonds is 5. The number of nitrogens with two attached hydrogens (primary N) is 1. The zero-order valence-corrected chi connectivity index (χ0v) is 9.85. The SMILES string of the molecule is NC(=O)C[C@H](NC(=O)NC1CCOCC1)C(=O)O. The molecule has 1 aliphatic rings. The van der Waals surface area contributed by atoms with E-state index in [0.717, 1.165) is 0 Å². The largest absolute Gasteiger partial charge is 0.480 e. The van der Waals surface area contributed by atoms with Crippen LogP contribution in [0.1, 0.15) is 19.3 Å². The number of amides is 3. The number of aliphatic carboxylic acids is 1. The molecule has 0 bridgehead atoms. The Morgan fingerprint density at radius 1 is 1.33 bits per heavy atom. The molecule has 1 rings (SSSR count). The summed E-state index contributed by atoms with van der Waals surface area (Å²) >= 11 is 0. The van der Waals surface area contributed by atoms with E-state index in [0.29, 0.717) is 26.1 Å². The highest BCUT2D eigenvalue weighted by Gasteiger charge is 2.23. The fourth-order valence-electron chi connectivity index (χ4n) is 1.63. The van der Waals surface area contributed by atoms with E-state index in [-0.39, 0.29) is 6.04 Å². The van der Waals surface area contributed by atoms with Crippen LogP contribution in [-0.4, -0.2) is 48.3 Å². The Morgan fingerprint density at radius 3 is 2.44 bits per heavy atom. The van der Waals surface area contributed by atoms with E-state index < -0.39 is 30.4 Å². The monoisotopic (exact) mass is 259 g/mol. The van der Waals surface area contributed by atoms with Crippen molar-refractivity contribution in [3.05, 3.63) is 0 Å². The number of nitrogens with one attached hydrogen (secondary N) is 2. The van der Waals surface area contributed by atoms with Crippen molar-refractivity contribution in [2.75, 3.05) is 13.2 Å². The fraction of sp³-hybridized carbons (Fsp3) is 0.700. The van der Waals surface area contributed by atoms with Gasteiger partial charge in [0, 0.05) is 19.3 Å². The zero-order valence-electron chi connectivity index (χ0n) is 9.85. The lowest BCUT2D eigenvalue weighted by atomic mass is 10.1. The number of carboxylic acid groups (broad SMARTS) is 1. The van der Waals surface area contributed by atoms with Gasteiger partial charge in [-0.15, -0.1) is 0 Å². The third-order valence-electron chi connectivity index (χ3n) is 2.57. The molecular formula is C10H17N3O5. The molecule has 0 spiro atoms. The maximum atomic E-state index is 11.5. The van der Waals surface area contributed by atoms with Crippen LogP contribution >= 0.6 is 0 Å². The van der Waals surface area contributed by atoms with Crippen LogP contribution in [0.15, 0.2) is 0 Å². The van der Waals surface area contributed by atoms with Gasteiger partial charge in [-0.25, -0.2) is 9.59 Å². The Morgan fingerprint density at radius 2 is 1.94 bits per heavy atom. The minimum atomic E-state index is -1.30. The molecular weight excluding hydrogens is 242 g/mol. The lowest BCUT2D eigenvalue weighted by Gasteiger charge is -2.24. The number of carbonyl (C=O) groups excluding carboxylic acids is 2. The van der Waals surface area contributed by atoms with Gasteiger partial charge in [-0.3, -0.25) is 4.79 Å². The maximum absolute atomic E-state index is 11.5. The van der Waals surface area contributed by atoms with Crippen molar-refractivity contribution < 1.29 is 24.2 Å². The second-order valence-electron chi connectivity index (χ2n) is 4.07. The van der Waals surface area contributed by atoms with Gasteiger partial charge in [-0.2, -0.15) is 0 Å². The predicted molar refractivity (Wildman–Crippen MR) is 60.7 cm³/mol. The standard InChI is InChI=1S/C10H17N3O5/c11-8(14)5-7(9(15)16)13-10(17)12-6-1-3-18-4-2-6/h6-7H,1-5H2,(H2,11,14)(H,15,16)(H2,12,13,17)/t7-/m0/s1. The van der Waals surface area contributed by atoms with Gasteiger partial charge in [-0.1, -0.05) is 0 Å². The summed E-state index contributed by atoms with van der Waals surface area (Å²) in [6, 6.07) is -1.96. The van der Waals surface area contributed by atoms with Crippen molar-refractivity contribution in [3.63, 3.8) is 0 Å². The van der Waals surface area contributed by atoms with E-state index in [9.17, 15) is 14.4 Å². The third-order valence-corrected chi connectivity index (χ3v) is 2.57. The summed E-state index contributed by atoms with van der Waals surface area (Å²) < 4.78 is 5.13. The molecule has 0 aliphatic carbocycles. The molecule has 1 aliphatic heterocycles. The van der Waals surface area contributed by atoms with E-state index in [4.69, 9.17) is 15.6 Å². The van der Waals surface area contributed by atoms with Crippen LogP contribution in [-0.2, 0) is 14.3 Å². The number of carbonyl (C=O) groups is 3. The number of ether oxygens (including phenoxy) is 1. The first-order valence-corrected chi connectivity index (χ1v) is 5.65. The molecule has 8 nitrogen and oxygen atoms in total. The van der Waals surface area contributed by atoms with E-state index in [1.807, 2.05) is 0 Å². The van der Waals surface area contributed by atoms with Gasteiger partial charge >= 0.3 is 12.0 Å². The summed E-state index contributed by atoms with van der Waals surface area (Å²) in [5.74, 6) is -2.08. The van der Waals surface area contributed by atoms with Crippen LogP contribution in [0.3, 0.4) is 0 Å². The quantitative estimate of drug-likeness (QED) is 0.492. The first kappa shape index (κ1) is 14.2. The summed E-state index contributed by atoms with van der Waals surface area (Å²) in [6.07, 6.45) is 0.929. The normalized spacial score (nSPS) is 17.8. The highest BCUT2D eigenvalue weighted by molar-refractivity contribution is 5.87. The van der Waals surface area contributed by atoms with Gasteiger partial charge in [0.2, 0.25) is 5.91 Å². The summed E-state index contributed by atoms with van der Waals surface area (Å²) in [5.41, 5.74) is 4.90. The Kier molecular flexibility index (Phi) is 5.37. The summed E-state index contributed by atoms with van der Waals surface area (Å²) in [4.78, 5) is 33.0. The van der Waals surface area contributed by atoms with Crippen molar-refractivity contribution in [1.82, 2.24) is 10.6 Å². The van der Waals surface area contributed by atoms with Gasteiger partial charge in [0.05, 0.1) is 6.42 Å². The van der Waals surface area contributed by atoms with Gasteiger partial charge in [0.15, 0.2) is 0 Å². The zero-order chi connectivity index (χ0) is 13.5. The molecule has 5 N–H and O–H groups in total. The third kappa shape index (κ3) is 5.00. The van der Waals surface area contributed by atoms with Gasteiger partial charge < -0.3 is 26.2 Å². The summed E-state index contributed by atoms with van der Waals surface area (Å²) in [7, 11) is 0. The van der Waals surface area contributed by atoms with Crippen molar-refractivity contribution in [1.29, 1.82) is 0 Å². The average molecular weight is 259 g/mol. The second kappa shape index (κ2) is 6.80. The first-order valence-electron chi connectivity index (χ1n) is 5.65. The van der Waals surface area contributed by atoms with Crippen LogP contribution in [0.25, 0.3) is 0 Å². The summed E-state index contributed by atoms with van der Waals surface area (Å²) in [6.45, 7) is 1.13. The molecule has 0 aromatic carbocycles. The molecule has 0 unspecified atom stereocenters. The van der Waals surface area contributed by atoms with Gasteiger partial charge in [0.25, 0.3) is 0 Å².